The Labute approximate surface area is 146 Å². The number of aliphatic hydroxyl groups is 1. The van der Waals surface area contributed by atoms with Gasteiger partial charge in [-0.05, 0) is 20.1 Å². The first-order chi connectivity index (χ1) is 11.5. The van der Waals surface area contributed by atoms with E-state index in [2.05, 4.69) is 10.3 Å². The van der Waals surface area contributed by atoms with Gasteiger partial charge in [0.1, 0.15) is 0 Å². The van der Waals surface area contributed by atoms with Crippen LogP contribution >= 0.6 is 11.8 Å². The van der Waals surface area contributed by atoms with E-state index in [1.165, 1.54) is 5.56 Å². The minimum absolute atomic E-state index is 0.00354. The van der Waals surface area contributed by atoms with Gasteiger partial charge in [0, 0.05) is 29.7 Å². The summed E-state index contributed by atoms with van der Waals surface area (Å²) < 4.78 is 5.72. The monoisotopic (exact) mass is 348 g/mol. The number of aromatic nitrogens is 1. The number of thioether (sulfide) groups is 1. The van der Waals surface area contributed by atoms with Crippen molar-refractivity contribution in [2.45, 2.75) is 38.0 Å². The molecule has 130 valence electrons. The van der Waals surface area contributed by atoms with Gasteiger partial charge in [0.15, 0.2) is 11.7 Å². The number of hydrogen-bond acceptors (Lipinski definition) is 5. The summed E-state index contributed by atoms with van der Waals surface area (Å²) >= 11 is 1.54. The quantitative estimate of drug-likeness (QED) is 0.767. The SMILES string of the molecule is CSC(CO)C(C)NC(=O)CCc1ncc(-c2ccc(C)cc2)o1. The fraction of sp³-hybridized carbons (Fsp3) is 0.444. The van der Waals surface area contributed by atoms with E-state index in [1.807, 2.05) is 44.4 Å². The lowest BCUT2D eigenvalue weighted by atomic mass is 10.1. The van der Waals surface area contributed by atoms with Gasteiger partial charge in [-0.2, -0.15) is 11.8 Å². The molecule has 5 nitrogen and oxygen atoms in total. The summed E-state index contributed by atoms with van der Waals surface area (Å²) in [6.07, 6.45) is 4.37. The average molecular weight is 348 g/mol. The van der Waals surface area contributed by atoms with Crippen molar-refractivity contribution in [3.63, 3.8) is 0 Å². The number of carbonyl (C=O) groups is 1. The largest absolute Gasteiger partial charge is 0.441 e. The number of carbonyl (C=O) groups excluding carboxylic acids is 1. The van der Waals surface area contributed by atoms with Crippen LogP contribution in [0.1, 0.15) is 24.8 Å². The van der Waals surface area contributed by atoms with Crippen molar-refractivity contribution >= 4 is 17.7 Å². The van der Waals surface area contributed by atoms with E-state index in [1.54, 1.807) is 18.0 Å². The van der Waals surface area contributed by atoms with Gasteiger partial charge in [0.25, 0.3) is 0 Å². The van der Waals surface area contributed by atoms with Gasteiger partial charge in [-0.3, -0.25) is 4.79 Å². The molecule has 6 heteroatoms. The van der Waals surface area contributed by atoms with E-state index < -0.39 is 0 Å². The van der Waals surface area contributed by atoms with Gasteiger partial charge in [0.05, 0.1) is 12.8 Å². The zero-order chi connectivity index (χ0) is 17.5. The summed E-state index contributed by atoms with van der Waals surface area (Å²) in [5.41, 5.74) is 2.17. The maximum atomic E-state index is 12.0. The number of aryl methyl sites for hydroxylation is 2. The summed E-state index contributed by atoms with van der Waals surface area (Å²) in [6, 6.07) is 7.95. The molecule has 1 aromatic carbocycles. The molecule has 2 unspecified atom stereocenters. The third-order valence-corrected chi connectivity index (χ3v) is 5.05. The predicted octanol–water partition coefficient (Wildman–Crippen LogP) is 2.81. The molecule has 2 rings (SSSR count). The first kappa shape index (κ1) is 18.5. The summed E-state index contributed by atoms with van der Waals surface area (Å²) in [6.45, 7) is 3.98. The Morgan fingerprint density at radius 1 is 1.38 bits per heavy atom. The Hall–Kier alpha value is -1.79. The van der Waals surface area contributed by atoms with E-state index in [-0.39, 0.29) is 23.8 Å². The van der Waals surface area contributed by atoms with Crippen molar-refractivity contribution in [2.75, 3.05) is 12.9 Å². The highest BCUT2D eigenvalue weighted by molar-refractivity contribution is 7.99. The highest BCUT2D eigenvalue weighted by atomic mass is 32.2. The second-order valence-corrected chi connectivity index (χ2v) is 6.87. The molecule has 24 heavy (non-hydrogen) atoms. The van der Waals surface area contributed by atoms with Crippen LogP contribution in [-0.4, -0.2) is 40.2 Å². The lowest BCUT2D eigenvalue weighted by molar-refractivity contribution is -0.121. The molecule has 0 fully saturated rings. The van der Waals surface area contributed by atoms with Crippen molar-refractivity contribution in [3.8, 4) is 11.3 Å². The molecule has 0 spiro atoms. The van der Waals surface area contributed by atoms with Gasteiger partial charge < -0.3 is 14.8 Å². The minimum atomic E-state index is -0.0785. The Bertz CT molecular complexity index is 651. The standard InChI is InChI=1S/C18H24N2O3S/c1-12-4-6-14(7-5-12)15-10-19-18(23-15)9-8-17(22)20-13(2)16(11-21)24-3/h4-7,10,13,16,21H,8-9,11H2,1-3H3,(H,20,22). The number of nitrogens with zero attached hydrogens (tertiary/aromatic N) is 1. The summed E-state index contributed by atoms with van der Waals surface area (Å²) in [5, 5.41) is 12.2. The van der Waals surface area contributed by atoms with E-state index >= 15 is 0 Å². The lowest BCUT2D eigenvalue weighted by Gasteiger charge is -2.21. The first-order valence-corrected chi connectivity index (χ1v) is 9.27. The Morgan fingerprint density at radius 3 is 2.71 bits per heavy atom. The predicted molar refractivity (Wildman–Crippen MR) is 97.0 cm³/mol. The minimum Gasteiger partial charge on any atom is -0.441 e. The second-order valence-electron chi connectivity index (χ2n) is 5.80. The summed E-state index contributed by atoms with van der Waals surface area (Å²) in [4.78, 5) is 16.2. The van der Waals surface area contributed by atoms with E-state index in [0.717, 1.165) is 5.56 Å². The molecule has 0 aliphatic carbocycles. The first-order valence-electron chi connectivity index (χ1n) is 7.98. The zero-order valence-electron chi connectivity index (χ0n) is 14.3. The van der Waals surface area contributed by atoms with Crippen molar-refractivity contribution in [1.29, 1.82) is 0 Å². The molecule has 1 heterocycles. The van der Waals surface area contributed by atoms with Crippen molar-refractivity contribution in [2.24, 2.45) is 0 Å². The fourth-order valence-corrected chi connectivity index (χ4v) is 2.98. The van der Waals surface area contributed by atoms with Gasteiger partial charge in [0.2, 0.25) is 5.91 Å². The third kappa shape index (κ3) is 5.11. The molecule has 0 saturated carbocycles. The van der Waals surface area contributed by atoms with Gasteiger partial charge in [-0.1, -0.05) is 29.8 Å². The molecule has 0 radical (unpaired) electrons. The molecular weight excluding hydrogens is 324 g/mol. The number of aliphatic hydroxyl groups excluding tert-OH is 1. The number of amides is 1. The van der Waals surface area contributed by atoms with Crippen LogP contribution in [0.25, 0.3) is 11.3 Å². The average Bonchev–Trinajstić information content (AvgIpc) is 3.04. The third-order valence-electron chi connectivity index (χ3n) is 3.88. The highest BCUT2D eigenvalue weighted by Crippen LogP contribution is 2.21. The number of rotatable bonds is 8. The Balaban J connectivity index is 1.86. The molecule has 2 aromatic rings. The van der Waals surface area contributed by atoms with E-state index in [4.69, 9.17) is 4.42 Å². The molecule has 0 aliphatic rings. The van der Waals surface area contributed by atoms with Gasteiger partial charge in [-0.25, -0.2) is 4.98 Å². The van der Waals surface area contributed by atoms with Crippen molar-refractivity contribution in [3.05, 3.63) is 41.9 Å². The fourth-order valence-electron chi connectivity index (χ4n) is 2.35. The van der Waals surface area contributed by atoms with Crippen LogP contribution in [0.4, 0.5) is 0 Å². The van der Waals surface area contributed by atoms with Crippen molar-refractivity contribution < 1.29 is 14.3 Å². The Morgan fingerprint density at radius 2 is 2.08 bits per heavy atom. The molecule has 0 saturated heterocycles. The summed E-state index contributed by atoms with van der Waals surface area (Å²) in [5.74, 6) is 1.20. The van der Waals surface area contributed by atoms with Gasteiger partial charge >= 0.3 is 0 Å². The maximum Gasteiger partial charge on any atom is 0.220 e. The van der Waals surface area contributed by atoms with E-state index in [0.29, 0.717) is 24.5 Å². The molecular formula is C18H24N2O3S. The molecule has 2 atom stereocenters. The zero-order valence-corrected chi connectivity index (χ0v) is 15.1. The number of nitrogens with one attached hydrogen (secondary N) is 1. The van der Waals surface area contributed by atoms with Crippen LogP contribution in [0.15, 0.2) is 34.9 Å². The summed E-state index contributed by atoms with van der Waals surface area (Å²) in [7, 11) is 0. The van der Waals surface area contributed by atoms with E-state index in [9.17, 15) is 9.90 Å². The molecule has 2 N–H and O–H groups in total. The topological polar surface area (TPSA) is 75.4 Å². The van der Waals surface area contributed by atoms with Crippen LogP contribution < -0.4 is 5.32 Å². The molecule has 0 bridgehead atoms. The normalized spacial score (nSPS) is 13.5. The number of oxazole rings is 1. The smallest absolute Gasteiger partial charge is 0.220 e. The molecule has 0 aliphatic heterocycles. The van der Waals surface area contributed by atoms with Crippen LogP contribution in [0, 0.1) is 6.92 Å². The highest BCUT2D eigenvalue weighted by Gasteiger charge is 2.17. The Kier molecular flexibility index (Phi) is 6.87. The van der Waals surface area contributed by atoms with Crippen LogP contribution in [-0.2, 0) is 11.2 Å². The maximum absolute atomic E-state index is 12.0. The van der Waals surface area contributed by atoms with Crippen molar-refractivity contribution in [1.82, 2.24) is 10.3 Å². The van der Waals surface area contributed by atoms with Crippen LogP contribution in [0.5, 0.6) is 0 Å². The molecule has 1 aromatic heterocycles. The second kappa shape index (κ2) is 8.89. The number of benzene rings is 1. The van der Waals surface area contributed by atoms with Gasteiger partial charge in [-0.15, -0.1) is 0 Å². The molecule has 1 amide bonds. The lowest BCUT2D eigenvalue weighted by Crippen LogP contribution is -2.41. The van der Waals surface area contributed by atoms with Crippen LogP contribution in [0.3, 0.4) is 0 Å². The van der Waals surface area contributed by atoms with Crippen LogP contribution in [0.2, 0.25) is 0 Å². The number of hydrogen-bond donors (Lipinski definition) is 2.